The predicted octanol–water partition coefficient (Wildman–Crippen LogP) is 5.01. The highest BCUT2D eigenvalue weighted by Gasteiger charge is 2.36. The van der Waals surface area contributed by atoms with Crippen LogP contribution < -0.4 is 0 Å². The van der Waals surface area contributed by atoms with E-state index in [-0.39, 0.29) is 5.04 Å². The molecule has 0 fully saturated rings. The minimum absolute atomic E-state index is 0.216. The van der Waals surface area contributed by atoms with Crippen LogP contribution in [0.2, 0.25) is 18.1 Å². The molecule has 0 aliphatic carbocycles. The van der Waals surface area contributed by atoms with E-state index in [0.29, 0.717) is 159 Å². The van der Waals surface area contributed by atoms with Gasteiger partial charge in [0.15, 0.2) is 8.32 Å². The van der Waals surface area contributed by atoms with Gasteiger partial charge in [0, 0.05) is 12.5 Å². The van der Waals surface area contributed by atoms with Crippen molar-refractivity contribution in [2.45, 2.75) is 64.6 Å². The highest BCUT2D eigenvalue weighted by molar-refractivity contribution is 6.74. The van der Waals surface area contributed by atoms with Gasteiger partial charge in [-0.25, -0.2) is 0 Å². The highest BCUT2D eigenvalue weighted by Crippen LogP contribution is 2.36. The van der Waals surface area contributed by atoms with Gasteiger partial charge in [-0.3, -0.25) is 0 Å². The van der Waals surface area contributed by atoms with Gasteiger partial charge in [0.05, 0.1) is 159 Å². The molecule has 0 aromatic heterocycles. The van der Waals surface area contributed by atoms with Crippen molar-refractivity contribution < 1.29 is 61.3 Å². The largest absolute Gasteiger partial charge is 0.414 e. The zero-order chi connectivity index (χ0) is 37.4. The van der Waals surface area contributed by atoms with Crippen LogP contribution in [0.1, 0.15) is 46.5 Å². The van der Waals surface area contributed by atoms with Crippen LogP contribution in [0.15, 0.2) is 0 Å². The Labute approximate surface area is 316 Å². The third kappa shape index (κ3) is 39.5. The summed E-state index contributed by atoms with van der Waals surface area (Å²) in [6, 6.07) is 0. The second-order valence-electron chi connectivity index (χ2n) is 13.1. The molecule has 0 aromatic carbocycles. The molecule has 0 aromatic rings. The molecule has 51 heavy (non-hydrogen) atoms. The normalized spacial score (nSPS) is 12.4. The van der Waals surface area contributed by atoms with Crippen molar-refractivity contribution in [3.63, 3.8) is 0 Å². The van der Waals surface area contributed by atoms with Crippen molar-refractivity contribution >= 4 is 19.9 Å². The first kappa shape index (κ1) is 51.0. The van der Waals surface area contributed by atoms with Crippen LogP contribution >= 0.6 is 11.6 Å². The van der Waals surface area contributed by atoms with Gasteiger partial charge in [-0.1, -0.05) is 33.6 Å². The fourth-order valence-corrected chi connectivity index (χ4v) is 4.96. The van der Waals surface area contributed by atoms with Gasteiger partial charge in [0.2, 0.25) is 0 Å². The molecule has 0 saturated heterocycles. The maximum Gasteiger partial charge on any atom is 0.192 e. The Morgan fingerprint density at radius 1 is 0.314 bits per heavy atom. The summed E-state index contributed by atoms with van der Waals surface area (Å²) in [4.78, 5) is 0. The summed E-state index contributed by atoms with van der Waals surface area (Å²) in [7, 11) is -1.70. The summed E-state index contributed by atoms with van der Waals surface area (Å²) in [6.45, 7) is 24.9. The Balaban J connectivity index is 3.11. The van der Waals surface area contributed by atoms with E-state index in [2.05, 4.69) is 33.9 Å². The molecule has 0 amide bonds. The highest BCUT2D eigenvalue weighted by atomic mass is 35.5. The number of unbranched alkanes of at least 4 members (excludes halogenated alkanes) is 3. The smallest absolute Gasteiger partial charge is 0.192 e. The van der Waals surface area contributed by atoms with E-state index in [1.807, 2.05) is 0 Å². The molecule has 0 rings (SSSR count). The average molecular weight is 780 g/mol. The van der Waals surface area contributed by atoms with Crippen LogP contribution in [0.3, 0.4) is 0 Å². The fraction of sp³-hybridized carbons (Fsp3) is 1.00. The second kappa shape index (κ2) is 39.7. The van der Waals surface area contributed by atoms with Crippen LogP contribution in [0, 0.1) is 0 Å². The molecular formula is C36H75ClO13Si. The summed E-state index contributed by atoms with van der Waals surface area (Å²) < 4.78 is 72.2. The molecule has 0 radical (unpaired) electrons. The van der Waals surface area contributed by atoms with Gasteiger partial charge in [-0.2, -0.15) is 0 Å². The van der Waals surface area contributed by atoms with Crippen molar-refractivity contribution in [2.75, 3.05) is 171 Å². The molecule has 0 spiro atoms. The Morgan fingerprint density at radius 2 is 0.529 bits per heavy atom. The van der Waals surface area contributed by atoms with Crippen molar-refractivity contribution in [3.05, 3.63) is 0 Å². The van der Waals surface area contributed by atoms with Crippen LogP contribution in [-0.2, 0) is 61.3 Å². The topological polar surface area (TPSA) is 120 Å². The quantitative estimate of drug-likeness (QED) is 0.0470. The molecule has 0 unspecified atom stereocenters. The summed E-state index contributed by atoms with van der Waals surface area (Å²) >= 11 is 5.66. The molecule has 0 heterocycles. The monoisotopic (exact) mass is 778 g/mol. The first-order chi connectivity index (χ1) is 24.8. The first-order valence-electron chi connectivity index (χ1n) is 18.9. The molecule has 0 aliphatic heterocycles. The van der Waals surface area contributed by atoms with E-state index in [0.717, 1.165) is 25.3 Å². The minimum atomic E-state index is -1.70. The van der Waals surface area contributed by atoms with Crippen LogP contribution in [0.5, 0.6) is 0 Å². The molecule has 0 saturated carbocycles. The molecule has 0 atom stereocenters. The Hall–Kier alpha value is -0.0131. The maximum atomic E-state index is 6.08. The van der Waals surface area contributed by atoms with Gasteiger partial charge in [0.25, 0.3) is 0 Å². The van der Waals surface area contributed by atoms with Crippen molar-refractivity contribution in [2.24, 2.45) is 0 Å². The fourth-order valence-electron chi connectivity index (χ4n) is 3.75. The molecule has 13 nitrogen and oxygen atoms in total. The third-order valence-corrected chi connectivity index (χ3v) is 12.6. The molecule has 0 bridgehead atoms. The Kier molecular flexibility index (Phi) is 39.7. The lowest BCUT2D eigenvalue weighted by Crippen LogP contribution is -2.41. The van der Waals surface area contributed by atoms with Crippen LogP contribution in [-0.4, -0.2) is 179 Å². The lowest BCUT2D eigenvalue weighted by atomic mass is 10.2. The van der Waals surface area contributed by atoms with Gasteiger partial charge in [-0.05, 0) is 31.0 Å². The van der Waals surface area contributed by atoms with E-state index in [4.69, 9.17) is 72.9 Å². The number of ether oxygens (including phenoxy) is 12. The van der Waals surface area contributed by atoms with E-state index < -0.39 is 8.32 Å². The zero-order valence-corrected chi connectivity index (χ0v) is 34.7. The number of hydrogen-bond acceptors (Lipinski definition) is 13. The second-order valence-corrected chi connectivity index (χ2v) is 18.2. The minimum Gasteiger partial charge on any atom is -0.414 e. The number of halogens is 1. The van der Waals surface area contributed by atoms with Crippen LogP contribution in [0.25, 0.3) is 0 Å². The van der Waals surface area contributed by atoms with Crippen molar-refractivity contribution in [1.29, 1.82) is 0 Å². The van der Waals surface area contributed by atoms with E-state index in [1.165, 1.54) is 12.8 Å². The molecular weight excluding hydrogens is 704 g/mol. The molecule has 308 valence electrons. The van der Waals surface area contributed by atoms with E-state index in [9.17, 15) is 0 Å². The van der Waals surface area contributed by atoms with E-state index >= 15 is 0 Å². The third-order valence-electron chi connectivity index (χ3n) is 7.76. The Bertz CT molecular complexity index is 678. The van der Waals surface area contributed by atoms with Gasteiger partial charge < -0.3 is 61.3 Å². The zero-order valence-electron chi connectivity index (χ0n) is 32.9. The average Bonchev–Trinajstić information content (AvgIpc) is 3.10. The number of alkyl halides is 1. The van der Waals surface area contributed by atoms with Gasteiger partial charge >= 0.3 is 0 Å². The number of hydrogen-bond donors (Lipinski definition) is 0. The lowest BCUT2D eigenvalue weighted by Gasteiger charge is -2.36. The van der Waals surface area contributed by atoms with Gasteiger partial charge in [-0.15, -0.1) is 11.6 Å². The van der Waals surface area contributed by atoms with Crippen LogP contribution in [0.4, 0.5) is 0 Å². The van der Waals surface area contributed by atoms with Gasteiger partial charge in [0.1, 0.15) is 0 Å². The standard InChI is InChI=1S/C36H75ClO13Si/c1-36(2,3)51(4,5)50-35-34-49-33-32-48-31-30-47-29-28-46-27-26-45-25-24-44-23-22-43-21-20-42-19-18-41-17-16-40-15-14-39-13-12-38-11-9-7-6-8-10-37/h6-35H2,1-5H3. The summed E-state index contributed by atoms with van der Waals surface area (Å²) in [6.07, 6.45) is 4.50. The first-order valence-corrected chi connectivity index (χ1v) is 22.4. The maximum absolute atomic E-state index is 6.08. The summed E-state index contributed by atoms with van der Waals surface area (Å²) in [5.74, 6) is 0.743. The lowest BCUT2D eigenvalue weighted by molar-refractivity contribution is -0.0285. The summed E-state index contributed by atoms with van der Waals surface area (Å²) in [5.41, 5.74) is 0. The van der Waals surface area contributed by atoms with Crippen molar-refractivity contribution in [3.8, 4) is 0 Å². The molecule has 0 N–H and O–H groups in total. The van der Waals surface area contributed by atoms with E-state index in [1.54, 1.807) is 0 Å². The SMILES string of the molecule is CC(C)(C)[Si](C)(C)OCCOCCOCCOCCOCCOCCOCCOCCOCCOCCOCCOCCOCCCCCCCl. The Morgan fingerprint density at radius 3 is 0.765 bits per heavy atom. The molecule has 0 aliphatic rings. The van der Waals surface area contributed by atoms with Crippen molar-refractivity contribution in [1.82, 2.24) is 0 Å². The summed E-state index contributed by atoms with van der Waals surface area (Å²) in [5, 5.41) is 0.216. The molecule has 15 heteroatoms. The number of rotatable bonds is 43. The predicted molar refractivity (Wildman–Crippen MR) is 202 cm³/mol.